The van der Waals surface area contributed by atoms with E-state index in [1.807, 2.05) is 53.4 Å². The number of piperidine rings is 1. The first kappa shape index (κ1) is 26.9. The van der Waals surface area contributed by atoms with Gasteiger partial charge in [-0.05, 0) is 48.8 Å². The van der Waals surface area contributed by atoms with Crippen LogP contribution in [0.15, 0.2) is 65.7 Å². The van der Waals surface area contributed by atoms with Crippen molar-refractivity contribution >= 4 is 41.0 Å². The van der Waals surface area contributed by atoms with E-state index in [0.29, 0.717) is 25.2 Å². The van der Waals surface area contributed by atoms with Crippen LogP contribution in [0.5, 0.6) is 0 Å². The number of benzene rings is 2. The lowest BCUT2D eigenvalue weighted by Gasteiger charge is -2.41. The molecular formula is C27H31ClN8O2. The number of aromatic nitrogens is 2. The van der Waals surface area contributed by atoms with Crippen molar-refractivity contribution in [3.8, 4) is 0 Å². The number of likely N-dealkylation sites (tertiary alicyclic amines) is 1. The van der Waals surface area contributed by atoms with Gasteiger partial charge in [0.1, 0.15) is 0 Å². The molecule has 198 valence electrons. The van der Waals surface area contributed by atoms with E-state index in [-0.39, 0.29) is 39.8 Å². The molecule has 3 aromatic rings. The molecule has 1 aliphatic rings. The second-order valence-corrected chi connectivity index (χ2v) is 9.79. The van der Waals surface area contributed by atoms with Crippen molar-refractivity contribution in [1.29, 1.82) is 0 Å². The molecule has 7 N–H and O–H groups in total. The van der Waals surface area contributed by atoms with E-state index in [0.717, 1.165) is 25.7 Å². The summed E-state index contributed by atoms with van der Waals surface area (Å²) in [6.07, 6.45) is 3.25. The Bertz CT molecular complexity index is 1310. The van der Waals surface area contributed by atoms with Crippen molar-refractivity contribution in [1.82, 2.24) is 20.2 Å². The number of nitrogens with zero attached hydrogens (tertiary/aromatic N) is 4. The molecule has 2 aromatic carbocycles. The lowest BCUT2D eigenvalue weighted by atomic mass is 9.74. The number of nitrogens with two attached hydrogens (primary N) is 3. The molecule has 0 unspecified atom stereocenters. The summed E-state index contributed by atoms with van der Waals surface area (Å²) in [5.74, 6) is -0.948. The van der Waals surface area contributed by atoms with Gasteiger partial charge < -0.3 is 22.1 Å². The van der Waals surface area contributed by atoms with E-state index in [9.17, 15) is 9.59 Å². The number of anilines is 2. The van der Waals surface area contributed by atoms with Crippen LogP contribution in [0.3, 0.4) is 0 Å². The van der Waals surface area contributed by atoms with Gasteiger partial charge in [-0.15, -0.1) is 0 Å². The number of carbonyl (C=O) groups excluding carboxylic acids is 2. The Morgan fingerprint density at radius 1 is 0.974 bits per heavy atom. The third-order valence-electron chi connectivity index (χ3n) is 6.87. The minimum absolute atomic E-state index is 0.0263. The number of hydrogen-bond acceptors (Lipinski definition) is 7. The van der Waals surface area contributed by atoms with Gasteiger partial charge in [0.25, 0.3) is 11.8 Å². The van der Waals surface area contributed by atoms with E-state index in [1.165, 1.54) is 5.56 Å². The highest BCUT2D eigenvalue weighted by Crippen LogP contribution is 2.37. The molecule has 1 saturated heterocycles. The van der Waals surface area contributed by atoms with Crippen molar-refractivity contribution in [2.75, 3.05) is 31.1 Å². The van der Waals surface area contributed by atoms with Crippen LogP contribution in [-0.2, 0) is 6.42 Å². The van der Waals surface area contributed by atoms with Crippen molar-refractivity contribution in [3.05, 3.63) is 82.6 Å². The maximum Gasteiger partial charge on any atom is 0.280 e. The summed E-state index contributed by atoms with van der Waals surface area (Å²) in [4.78, 5) is 39.7. The normalized spacial score (nSPS) is 15.2. The molecule has 2 heterocycles. The quantitative estimate of drug-likeness (QED) is 0.267. The summed E-state index contributed by atoms with van der Waals surface area (Å²) >= 11 is 5.88. The fraction of sp³-hybridized carbons (Fsp3) is 0.296. The van der Waals surface area contributed by atoms with E-state index in [2.05, 4.69) is 32.4 Å². The highest BCUT2D eigenvalue weighted by molar-refractivity contribution is 6.31. The molecule has 1 aromatic heterocycles. The molecule has 0 radical (unpaired) electrons. The summed E-state index contributed by atoms with van der Waals surface area (Å²) < 4.78 is 0. The number of carbonyl (C=O) groups is 2. The number of rotatable bonds is 7. The van der Waals surface area contributed by atoms with Crippen LogP contribution in [-0.4, -0.2) is 52.3 Å². The number of amides is 2. The van der Waals surface area contributed by atoms with Crippen LogP contribution in [0.1, 0.15) is 45.7 Å². The van der Waals surface area contributed by atoms with Gasteiger partial charge in [0.15, 0.2) is 28.4 Å². The molecule has 4 rings (SSSR count). The van der Waals surface area contributed by atoms with Crippen molar-refractivity contribution in [3.63, 3.8) is 0 Å². The monoisotopic (exact) mass is 534 g/mol. The molecule has 0 spiro atoms. The average molecular weight is 535 g/mol. The van der Waals surface area contributed by atoms with Crippen molar-refractivity contribution in [2.45, 2.75) is 25.7 Å². The molecular weight excluding hydrogens is 504 g/mol. The van der Waals surface area contributed by atoms with Gasteiger partial charge in [-0.2, -0.15) is 0 Å². The first-order chi connectivity index (χ1) is 18.3. The van der Waals surface area contributed by atoms with Crippen LogP contribution in [0.25, 0.3) is 0 Å². The Labute approximate surface area is 226 Å². The maximum absolute atomic E-state index is 13.0. The van der Waals surface area contributed by atoms with Gasteiger partial charge in [0, 0.05) is 25.2 Å². The highest BCUT2D eigenvalue weighted by atomic mass is 35.5. The molecule has 0 atom stereocenters. The lowest BCUT2D eigenvalue weighted by Crippen LogP contribution is -2.45. The number of nitrogens with one attached hydrogen (secondary N) is 1. The standard InChI is InChI=1S/C27H31ClN8O2/c28-21-23(30)34-22(29)20(33-21)24(37)35-26(31)32-17-27(12-11-18-7-3-1-4-8-18)13-15-36(16-14-27)25(38)19-9-5-2-6-10-19/h1-10H,11-17H2,(H4,29,30,34)(H3,31,32,35,37). The topological polar surface area (TPSA) is 166 Å². The number of guanidine groups is 1. The molecule has 38 heavy (non-hydrogen) atoms. The first-order valence-electron chi connectivity index (χ1n) is 12.3. The Balaban J connectivity index is 1.45. The van der Waals surface area contributed by atoms with E-state index >= 15 is 0 Å². The van der Waals surface area contributed by atoms with E-state index < -0.39 is 5.91 Å². The van der Waals surface area contributed by atoms with Gasteiger partial charge in [-0.25, -0.2) is 9.97 Å². The number of hydrogen-bond donors (Lipinski definition) is 4. The minimum atomic E-state index is -0.681. The number of halogens is 1. The Hall–Kier alpha value is -4.18. The molecule has 1 aliphatic heterocycles. The Morgan fingerprint density at radius 2 is 1.61 bits per heavy atom. The molecule has 11 heteroatoms. The summed E-state index contributed by atoms with van der Waals surface area (Å²) in [7, 11) is 0. The van der Waals surface area contributed by atoms with Crippen LogP contribution < -0.4 is 22.5 Å². The lowest BCUT2D eigenvalue weighted by molar-refractivity contribution is 0.0574. The predicted octanol–water partition coefficient (Wildman–Crippen LogP) is 2.89. The van der Waals surface area contributed by atoms with Crippen molar-refractivity contribution in [2.24, 2.45) is 16.1 Å². The smallest absolute Gasteiger partial charge is 0.280 e. The molecule has 0 saturated carbocycles. The summed E-state index contributed by atoms with van der Waals surface area (Å²) in [5.41, 5.74) is 18.9. The van der Waals surface area contributed by atoms with E-state index in [4.69, 9.17) is 28.8 Å². The molecule has 10 nitrogen and oxygen atoms in total. The largest absolute Gasteiger partial charge is 0.382 e. The van der Waals surface area contributed by atoms with Gasteiger partial charge in [0.05, 0.1) is 0 Å². The van der Waals surface area contributed by atoms with Crippen LogP contribution in [0.4, 0.5) is 11.6 Å². The summed E-state index contributed by atoms with van der Waals surface area (Å²) in [5, 5.41) is 2.38. The van der Waals surface area contributed by atoms with Gasteiger partial charge in [-0.3, -0.25) is 19.9 Å². The zero-order valence-corrected chi connectivity index (χ0v) is 21.7. The van der Waals surface area contributed by atoms with Crippen LogP contribution in [0, 0.1) is 5.41 Å². The minimum Gasteiger partial charge on any atom is -0.382 e. The highest BCUT2D eigenvalue weighted by Gasteiger charge is 2.36. The van der Waals surface area contributed by atoms with E-state index in [1.54, 1.807) is 0 Å². The second kappa shape index (κ2) is 11.9. The van der Waals surface area contributed by atoms with Crippen LogP contribution in [0.2, 0.25) is 5.15 Å². The fourth-order valence-corrected chi connectivity index (χ4v) is 4.69. The first-order valence-corrected chi connectivity index (χ1v) is 12.7. The number of nitrogen functional groups attached to an aromatic ring is 2. The molecule has 1 fully saturated rings. The summed E-state index contributed by atoms with van der Waals surface area (Å²) in [6.45, 7) is 1.61. The third-order valence-corrected chi connectivity index (χ3v) is 7.14. The number of aryl methyl sites for hydroxylation is 1. The summed E-state index contributed by atoms with van der Waals surface area (Å²) in [6, 6.07) is 19.5. The Kier molecular flexibility index (Phi) is 8.42. The van der Waals surface area contributed by atoms with Gasteiger partial charge >= 0.3 is 0 Å². The second-order valence-electron chi connectivity index (χ2n) is 9.43. The SMILES string of the molecule is NC(=NCC1(CCc2ccccc2)CCN(C(=O)c2ccccc2)CC1)NC(=O)c1nc(Cl)c(N)nc1N. The molecule has 0 bridgehead atoms. The van der Waals surface area contributed by atoms with Gasteiger partial charge in [0.2, 0.25) is 0 Å². The van der Waals surface area contributed by atoms with Crippen molar-refractivity contribution < 1.29 is 9.59 Å². The molecule has 2 amide bonds. The van der Waals surface area contributed by atoms with Gasteiger partial charge in [-0.1, -0.05) is 60.1 Å². The number of aliphatic imine (C=N–C) groups is 1. The maximum atomic E-state index is 13.0. The van der Waals surface area contributed by atoms with Crippen LogP contribution >= 0.6 is 11.6 Å². The average Bonchev–Trinajstić information content (AvgIpc) is 2.94. The zero-order chi connectivity index (χ0) is 27.1. The molecule has 0 aliphatic carbocycles. The third kappa shape index (κ3) is 6.57. The Morgan fingerprint density at radius 3 is 2.26 bits per heavy atom. The fourth-order valence-electron chi connectivity index (χ4n) is 4.57. The predicted molar refractivity (Wildman–Crippen MR) is 149 cm³/mol. The zero-order valence-electron chi connectivity index (χ0n) is 20.9.